The fourth-order valence-corrected chi connectivity index (χ4v) is 2.68. The molecular weight excluding hydrogens is 308 g/mol. The molecule has 24 heavy (non-hydrogen) atoms. The Hall–Kier alpha value is -2.57. The van der Waals surface area contributed by atoms with Crippen LogP contribution < -0.4 is 9.47 Å². The topological polar surface area (TPSA) is 76.2 Å². The zero-order valence-electron chi connectivity index (χ0n) is 13.7. The van der Waals surface area contributed by atoms with Crippen molar-refractivity contribution < 1.29 is 19.7 Å². The maximum absolute atomic E-state index is 9.57. The zero-order valence-corrected chi connectivity index (χ0v) is 13.7. The molecule has 2 heterocycles. The second-order valence-electron chi connectivity index (χ2n) is 5.53. The number of aliphatic hydroxyl groups excluding tert-OH is 2. The summed E-state index contributed by atoms with van der Waals surface area (Å²) in [7, 11) is 1.54. The highest BCUT2D eigenvalue weighted by Gasteiger charge is 2.13. The van der Waals surface area contributed by atoms with Crippen LogP contribution in [0.25, 0.3) is 5.65 Å². The minimum Gasteiger partial charge on any atom is -0.497 e. The Labute approximate surface area is 139 Å². The molecule has 6 nitrogen and oxygen atoms in total. The van der Waals surface area contributed by atoms with Crippen molar-refractivity contribution in [2.24, 2.45) is 0 Å². The Bertz CT molecular complexity index is 832. The first-order chi connectivity index (χ1) is 11.7. The van der Waals surface area contributed by atoms with E-state index in [2.05, 4.69) is 4.98 Å². The summed E-state index contributed by atoms with van der Waals surface area (Å²) in [6.07, 6.45) is 3.84. The highest BCUT2D eigenvalue weighted by Crippen LogP contribution is 2.30. The van der Waals surface area contributed by atoms with Crippen LogP contribution in [0.3, 0.4) is 0 Å². The summed E-state index contributed by atoms with van der Waals surface area (Å²) in [6, 6.07) is 7.36. The van der Waals surface area contributed by atoms with E-state index in [4.69, 9.17) is 9.47 Å². The van der Waals surface area contributed by atoms with Crippen molar-refractivity contribution in [2.45, 2.75) is 26.7 Å². The van der Waals surface area contributed by atoms with Crippen LogP contribution in [-0.4, -0.2) is 26.7 Å². The van der Waals surface area contributed by atoms with E-state index in [0.29, 0.717) is 22.6 Å². The normalized spacial score (nSPS) is 11.0. The second-order valence-corrected chi connectivity index (χ2v) is 5.53. The Kier molecular flexibility index (Phi) is 4.69. The molecule has 0 radical (unpaired) electrons. The largest absolute Gasteiger partial charge is 0.497 e. The average molecular weight is 328 g/mol. The van der Waals surface area contributed by atoms with Crippen molar-refractivity contribution in [2.75, 3.05) is 7.11 Å². The quantitative estimate of drug-likeness (QED) is 0.725. The molecule has 0 aliphatic rings. The smallest absolute Gasteiger partial charge is 0.140 e. The maximum atomic E-state index is 9.57. The molecule has 0 spiro atoms. The highest BCUT2D eigenvalue weighted by atomic mass is 16.5. The van der Waals surface area contributed by atoms with E-state index in [1.807, 2.05) is 35.9 Å². The molecule has 0 saturated carbocycles. The number of aliphatic hydroxyl groups is 2. The Morgan fingerprint density at radius 3 is 2.46 bits per heavy atom. The van der Waals surface area contributed by atoms with Crippen molar-refractivity contribution in [3.8, 4) is 11.5 Å². The van der Waals surface area contributed by atoms with Gasteiger partial charge >= 0.3 is 0 Å². The predicted octanol–water partition coefficient (Wildman–Crippen LogP) is 2.21. The first kappa shape index (κ1) is 16.3. The molecule has 3 rings (SSSR count). The van der Waals surface area contributed by atoms with Gasteiger partial charge in [-0.3, -0.25) is 0 Å². The molecule has 6 heteroatoms. The molecule has 3 aromatic rings. The first-order valence-electron chi connectivity index (χ1n) is 7.63. The Balaban J connectivity index is 1.88. The monoisotopic (exact) mass is 328 g/mol. The molecule has 0 atom stereocenters. The summed E-state index contributed by atoms with van der Waals surface area (Å²) in [5, 5.41) is 19.1. The second kappa shape index (κ2) is 6.90. The van der Waals surface area contributed by atoms with Crippen LogP contribution in [0.5, 0.6) is 11.5 Å². The van der Waals surface area contributed by atoms with Gasteiger partial charge in [0.2, 0.25) is 0 Å². The van der Waals surface area contributed by atoms with Gasteiger partial charge in [-0.25, -0.2) is 4.98 Å². The van der Waals surface area contributed by atoms with Gasteiger partial charge in [-0.1, -0.05) is 6.07 Å². The molecule has 126 valence electrons. The molecule has 0 saturated heterocycles. The van der Waals surface area contributed by atoms with Gasteiger partial charge in [-0.05, 0) is 30.7 Å². The van der Waals surface area contributed by atoms with Crippen molar-refractivity contribution in [3.63, 3.8) is 0 Å². The molecule has 0 bridgehead atoms. The van der Waals surface area contributed by atoms with Gasteiger partial charge in [0.1, 0.15) is 23.8 Å². The number of imidazole rings is 1. The first-order valence-corrected chi connectivity index (χ1v) is 7.63. The van der Waals surface area contributed by atoms with Crippen molar-refractivity contribution in [1.29, 1.82) is 0 Å². The number of benzene rings is 1. The van der Waals surface area contributed by atoms with Crippen LogP contribution in [0.2, 0.25) is 0 Å². The van der Waals surface area contributed by atoms with Gasteiger partial charge in [-0.2, -0.15) is 0 Å². The van der Waals surface area contributed by atoms with Crippen molar-refractivity contribution in [1.82, 2.24) is 9.38 Å². The lowest BCUT2D eigenvalue weighted by Gasteiger charge is -2.15. The predicted molar refractivity (Wildman–Crippen MR) is 89.1 cm³/mol. The van der Waals surface area contributed by atoms with Gasteiger partial charge in [0.05, 0.1) is 26.0 Å². The lowest BCUT2D eigenvalue weighted by Crippen LogP contribution is -2.04. The molecule has 1 aromatic carbocycles. The van der Waals surface area contributed by atoms with E-state index in [9.17, 15) is 10.2 Å². The average Bonchev–Trinajstić information content (AvgIpc) is 3.03. The van der Waals surface area contributed by atoms with Gasteiger partial charge in [-0.15, -0.1) is 0 Å². The number of pyridine rings is 1. The number of methoxy groups -OCH3 is 1. The van der Waals surface area contributed by atoms with E-state index >= 15 is 0 Å². The number of aryl methyl sites for hydroxylation is 1. The number of hydrogen-bond donors (Lipinski definition) is 2. The Morgan fingerprint density at radius 1 is 1.17 bits per heavy atom. The minimum absolute atomic E-state index is 0.205. The van der Waals surface area contributed by atoms with Crippen LogP contribution >= 0.6 is 0 Å². The van der Waals surface area contributed by atoms with Crippen LogP contribution in [0.1, 0.15) is 22.4 Å². The third-order valence-electron chi connectivity index (χ3n) is 3.88. The zero-order chi connectivity index (χ0) is 17.1. The van der Waals surface area contributed by atoms with Gasteiger partial charge in [0, 0.05) is 23.5 Å². The summed E-state index contributed by atoms with van der Waals surface area (Å²) in [5.41, 5.74) is 3.88. The molecule has 0 unspecified atom stereocenters. The molecule has 0 fully saturated rings. The number of aromatic nitrogens is 2. The van der Waals surface area contributed by atoms with Gasteiger partial charge < -0.3 is 24.1 Å². The Morgan fingerprint density at radius 2 is 1.88 bits per heavy atom. The minimum atomic E-state index is -0.205. The maximum Gasteiger partial charge on any atom is 0.140 e. The van der Waals surface area contributed by atoms with Crippen LogP contribution in [0.15, 0.2) is 36.7 Å². The number of ether oxygens (including phenoxy) is 2. The van der Waals surface area contributed by atoms with E-state index < -0.39 is 0 Å². The van der Waals surface area contributed by atoms with E-state index in [1.165, 1.54) is 7.11 Å². The van der Waals surface area contributed by atoms with E-state index in [0.717, 1.165) is 16.9 Å². The summed E-state index contributed by atoms with van der Waals surface area (Å²) in [5.74, 6) is 1.04. The van der Waals surface area contributed by atoms with Crippen LogP contribution in [-0.2, 0) is 19.8 Å². The third-order valence-corrected chi connectivity index (χ3v) is 3.88. The SMILES string of the molecule is COc1cc(CO)c(OCc2cn3cccc(C)c3n2)c(CO)c1. The summed E-state index contributed by atoms with van der Waals surface area (Å²) in [6.45, 7) is 1.84. The number of hydrogen-bond acceptors (Lipinski definition) is 5. The molecule has 0 amide bonds. The number of rotatable bonds is 6. The molecule has 0 aliphatic heterocycles. The lowest BCUT2D eigenvalue weighted by molar-refractivity contribution is 0.240. The van der Waals surface area contributed by atoms with Gasteiger partial charge in [0.25, 0.3) is 0 Å². The number of fused-ring (bicyclic) bond motifs is 1. The number of nitrogens with zero attached hydrogens (tertiary/aromatic N) is 2. The van der Waals surface area contributed by atoms with Crippen LogP contribution in [0, 0.1) is 6.92 Å². The summed E-state index contributed by atoms with van der Waals surface area (Å²) < 4.78 is 13.0. The fourth-order valence-electron chi connectivity index (χ4n) is 2.68. The summed E-state index contributed by atoms with van der Waals surface area (Å²) in [4.78, 5) is 4.56. The van der Waals surface area contributed by atoms with Gasteiger partial charge in [0.15, 0.2) is 0 Å². The van der Waals surface area contributed by atoms with Crippen molar-refractivity contribution >= 4 is 5.65 Å². The summed E-state index contributed by atoms with van der Waals surface area (Å²) >= 11 is 0. The molecular formula is C18H20N2O4. The van der Waals surface area contributed by atoms with Crippen LogP contribution in [0.4, 0.5) is 0 Å². The lowest BCUT2D eigenvalue weighted by atomic mass is 10.1. The van der Waals surface area contributed by atoms with Crippen molar-refractivity contribution in [3.05, 3.63) is 59.0 Å². The molecule has 2 N–H and O–H groups in total. The van der Waals surface area contributed by atoms with E-state index in [-0.39, 0.29) is 19.8 Å². The highest BCUT2D eigenvalue weighted by molar-refractivity contribution is 5.49. The fraction of sp³-hybridized carbons (Fsp3) is 0.278. The standard InChI is InChI=1S/C18H20N2O4/c1-12-4-3-5-20-8-15(19-18(12)20)11-24-17-13(9-21)6-16(23-2)7-14(17)10-22/h3-8,21-22H,9-11H2,1-2H3. The molecule has 0 aliphatic carbocycles. The molecule has 2 aromatic heterocycles. The van der Waals surface area contributed by atoms with E-state index in [1.54, 1.807) is 12.1 Å². The third kappa shape index (κ3) is 3.06.